The van der Waals surface area contributed by atoms with Crippen molar-refractivity contribution in [3.05, 3.63) is 35.1 Å². The van der Waals surface area contributed by atoms with Gasteiger partial charge in [0.05, 0.1) is 0 Å². The number of benzene rings is 1. The lowest BCUT2D eigenvalue weighted by atomic mass is 9.60. The molecule has 4 atom stereocenters. The van der Waals surface area contributed by atoms with Crippen LogP contribution in [-0.4, -0.2) is 0 Å². The molecular weight excluding hydrogens is 379 g/mol. The third-order valence-corrected chi connectivity index (χ3v) is 9.51. The highest BCUT2D eigenvalue weighted by Gasteiger charge is 2.38. The van der Waals surface area contributed by atoms with Gasteiger partial charge in [-0.25, -0.2) is 4.39 Å². The molecule has 0 heterocycles. The molecule has 1 aromatic rings. The van der Waals surface area contributed by atoms with Gasteiger partial charge in [0.15, 0.2) is 0 Å². The van der Waals surface area contributed by atoms with Crippen molar-refractivity contribution in [1.29, 1.82) is 0 Å². The van der Waals surface area contributed by atoms with Crippen molar-refractivity contribution in [3.63, 3.8) is 0 Å². The molecule has 1 heteroatoms. The number of hydrogen-bond acceptors (Lipinski definition) is 0. The molecule has 174 valence electrons. The van der Waals surface area contributed by atoms with E-state index < -0.39 is 0 Å². The molecule has 3 saturated carbocycles. The van der Waals surface area contributed by atoms with Crippen LogP contribution in [0.1, 0.15) is 127 Å². The van der Waals surface area contributed by atoms with E-state index in [1.165, 1.54) is 96.3 Å². The van der Waals surface area contributed by atoms with Crippen molar-refractivity contribution in [2.45, 2.75) is 122 Å². The molecular formula is C30H47F. The third kappa shape index (κ3) is 6.14. The van der Waals surface area contributed by atoms with Crippen LogP contribution in [0.2, 0.25) is 0 Å². The van der Waals surface area contributed by atoms with E-state index in [2.05, 4.69) is 19.1 Å². The second-order valence-corrected chi connectivity index (χ2v) is 11.6. The van der Waals surface area contributed by atoms with E-state index in [1.54, 1.807) is 12.5 Å². The fraction of sp³-hybridized carbons (Fsp3) is 0.800. The van der Waals surface area contributed by atoms with Crippen LogP contribution >= 0.6 is 0 Å². The normalized spacial score (nSPS) is 33.8. The Kier molecular flexibility index (Phi) is 8.52. The highest BCUT2D eigenvalue weighted by atomic mass is 19.1. The summed E-state index contributed by atoms with van der Waals surface area (Å²) in [5.74, 6) is 5.50. The Morgan fingerprint density at radius 1 is 0.742 bits per heavy atom. The van der Waals surface area contributed by atoms with Crippen LogP contribution in [0, 0.1) is 42.3 Å². The Labute approximate surface area is 191 Å². The number of hydrogen-bond donors (Lipinski definition) is 0. The zero-order valence-corrected chi connectivity index (χ0v) is 20.4. The van der Waals surface area contributed by atoms with Crippen molar-refractivity contribution >= 4 is 0 Å². The summed E-state index contributed by atoms with van der Waals surface area (Å²) in [6.07, 6.45) is 22.9. The molecule has 0 nitrogen and oxygen atoms in total. The second kappa shape index (κ2) is 11.3. The second-order valence-electron chi connectivity index (χ2n) is 11.6. The molecule has 3 aliphatic carbocycles. The minimum Gasteiger partial charge on any atom is -0.207 e. The molecule has 0 radical (unpaired) electrons. The molecule has 0 spiro atoms. The highest BCUT2D eigenvalue weighted by molar-refractivity contribution is 5.26. The van der Waals surface area contributed by atoms with Crippen LogP contribution in [0.15, 0.2) is 18.2 Å². The Morgan fingerprint density at radius 2 is 1.39 bits per heavy atom. The van der Waals surface area contributed by atoms with Gasteiger partial charge in [-0.3, -0.25) is 0 Å². The van der Waals surface area contributed by atoms with Crippen molar-refractivity contribution in [2.24, 2.45) is 29.6 Å². The van der Waals surface area contributed by atoms with Gasteiger partial charge in [-0.2, -0.15) is 0 Å². The van der Waals surface area contributed by atoms with Crippen LogP contribution < -0.4 is 0 Å². The zero-order valence-electron chi connectivity index (χ0n) is 20.4. The van der Waals surface area contributed by atoms with Crippen molar-refractivity contribution in [2.75, 3.05) is 0 Å². The van der Waals surface area contributed by atoms with Crippen LogP contribution in [0.25, 0.3) is 0 Å². The molecule has 0 N–H and O–H groups in total. The summed E-state index contributed by atoms with van der Waals surface area (Å²) < 4.78 is 14.4. The van der Waals surface area contributed by atoms with Gasteiger partial charge in [0.2, 0.25) is 0 Å². The molecule has 0 aliphatic heterocycles. The van der Waals surface area contributed by atoms with Crippen LogP contribution in [-0.2, 0) is 0 Å². The van der Waals surface area contributed by atoms with Crippen LogP contribution in [0.4, 0.5) is 4.39 Å². The molecule has 1 aromatic carbocycles. The van der Waals surface area contributed by atoms with E-state index in [0.717, 1.165) is 40.7 Å². The van der Waals surface area contributed by atoms with Crippen molar-refractivity contribution < 1.29 is 4.39 Å². The van der Waals surface area contributed by atoms with Crippen molar-refractivity contribution in [1.82, 2.24) is 0 Å². The Morgan fingerprint density at radius 3 is 2.13 bits per heavy atom. The molecule has 4 rings (SSSR count). The first-order valence-corrected chi connectivity index (χ1v) is 13.9. The minimum atomic E-state index is 0.0334. The largest absolute Gasteiger partial charge is 0.207 e. The van der Waals surface area contributed by atoms with Gasteiger partial charge < -0.3 is 0 Å². The van der Waals surface area contributed by atoms with Crippen LogP contribution in [0.3, 0.4) is 0 Å². The van der Waals surface area contributed by atoms with Gasteiger partial charge in [-0.15, -0.1) is 0 Å². The fourth-order valence-corrected chi connectivity index (χ4v) is 7.61. The monoisotopic (exact) mass is 426 g/mol. The summed E-state index contributed by atoms with van der Waals surface area (Å²) in [5.41, 5.74) is 2.03. The topological polar surface area (TPSA) is 0 Å². The Hall–Kier alpha value is -0.850. The number of fused-ring (bicyclic) bond motifs is 1. The molecule has 0 saturated heterocycles. The number of unbranched alkanes of at least 4 members (excludes halogenated alkanes) is 4. The summed E-state index contributed by atoms with van der Waals surface area (Å²) in [7, 11) is 0. The first kappa shape index (κ1) is 23.3. The zero-order chi connectivity index (χ0) is 21.6. The first-order valence-electron chi connectivity index (χ1n) is 13.9. The minimum absolute atomic E-state index is 0.0334. The molecule has 0 bridgehead atoms. The fourth-order valence-electron chi connectivity index (χ4n) is 7.61. The smallest absolute Gasteiger partial charge is 0.126 e. The molecule has 3 fully saturated rings. The van der Waals surface area contributed by atoms with Crippen molar-refractivity contribution in [3.8, 4) is 0 Å². The maximum absolute atomic E-state index is 14.4. The van der Waals surface area contributed by atoms with Gasteiger partial charge in [-0.1, -0.05) is 64.0 Å². The summed E-state index contributed by atoms with van der Waals surface area (Å²) in [4.78, 5) is 0. The predicted molar refractivity (Wildman–Crippen MR) is 131 cm³/mol. The van der Waals surface area contributed by atoms with Gasteiger partial charge >= 0.3 is 0 Å². The van der Waals surface area contributed by atoms with E-state index in [9.17, 15) is 4.39 Å². The molecule has 0 amide bonds. The van der Waals surface area contributed by atoms with E-state index >= 15 is 0 Å². The molecule has 0 aromatic heterocycles. The number of halogens is 1. The first-order chi connectivity index (χ1) is 15.1. The standard InChI is InChI=1S/C30H47F/c1-3-4-5-6-7-8-23-10-11-28-21-27(17-16-26(28)20-23)24-12-14-25(15-13-24)29-18-9-22(2)19-30(29)31/h9,18-19,23-28H,3-8,10-17,20-21H2,1-2H3. The predicted octanol–water partition coefficient (Wildman–Crippen LogP) is 9.60. The van der Waals surface area contributed by atoms with E-state index in [4.69, 9.17) is 0 Å². The van der Waals surface area contributed by atoms with Gasteiger partial charge in [0, 0.05) is 0 Å². The van der Waals surface area contributed by atoms with E-state index in [0.29, 0.717) is 5.92 Å². The van der Waals surface area contributed by atoms with Crippen LogP contribution in [0.5, 0.6) is 0 Å². The average molecular weight is 427 g/mol. The number of aryl methyl sites for hydroxylation is 1. The molecule has 3 aliphatic rings. The maximum atomic E-state index is 14.4. The lowest BCUT2D eigenvalue weighted by Gasteiger charge is -2.45. The Balaban J connectivity index is 1.20. The molecule has 31 heavy (non-hydrogen) atoms. The third-order valence-electron chi connectivity index (χ3n) is 9.51. The van der Waals surface area contributed by atoms with Gasteiger partial charge in [0.1, 0.15) is 5.82 Å². The lowest BCUT2D eigenvalue weighted by molar-refractivity contribution is 0.0612. The summed E-state index contributed by atoms with van der Waals surface area (Å²) >= 11 is 0. The summed E-state index contributed by atoms with van der Waals surface area (Å²) in [5, 5.41) is 0. The summed E-state index contributed by atoms with van der Waals surface area (Å²) in [6.45, 7) is 4.30. The summed E-state index contributed by atoms with van der Waals surface area (Å²) in [6, 6.07) is 5.88. The Bertz CT molecular complexity index is 671. The van der Waals surface area contributed by atoms with E-state index in [1.807, 2.05) is 6.92 Å². The quantitative estimate of drug-likeness (QED) is 0.363. The van der Waals surface area contributed by atoms with Gasteiger partial charge in [-0.05, 0) is 117 Å². The maximum Gasteiger partial charge on any atom is 0.126 e. The molecule has 4 unspecified atom stereocenters. The lowest BCUT2D eigenvalue weighted by Crippen LogP contribution is -2.34. The highest BCUT2D eigenvalue weighted by Crippen LogP contribution is 2.50. The number of rotatable bonds is 8. The van der Waals surface area contributed by atoms with Gasteiger partial charge in [0.25, 0.3) is 0 Å². The average Bonchev–Trinajstić information content (AvgIpc) is 2.79. The van der Waals surface area contributed by atoms with E-state index in [-0.39, 0.29) is 5.82 Å². The SMILES string of the molecule is CCCCCCCC1CCC2CC(C3CCC(c4ccc(C)cc4F)CC3)CCC2C1.